The number of rotatable bonds is 7. The summed E-state index contributed by atoms with van der Waals surface area (Å²) in [6.45, 7) is 4.83. The molecule has 1 aromatic carbocycles. The number of anilines is 3. The monoisotopic (exact) mass is 406 g/mol. The SMILES string of the molecule is O=Cc1cc2cnc(Nc3ccc(N4CCN(CCO)CC4)cc3)nc2n1C1CC1. The van der Waals surface area contributed by atoms with Gasteiger partial charge in [-0.2, -0.15) is 4.98 Å². The highest BCUT2D eigenvalue weighted by Gasteiger charge is 2.28. The molecule has 1 saturated carbocycles. The van der Waals surface area contributed by atoms with Crippen molar-refractivity contribution in [3.05, 3.63) is 42.2 Å². The Labute approximate surface area is 175 Å². The van der Waals surface area contributed by atoms with Gasteiger partial charge in [-0.3, -0.25) is 9.69 Å². The van der Waals surface area contributed by atoms with Crippen LogP contribution < -0.4 is 10.2 Å². The number of aldehydes is 1. The molecular formula is C22H26N6O2. The average molecular weight is 406 g/mol. The Balaban J connectivity index is 1.30. The number of nitrogens with one attached hydrogen (secondary N) is 1. The van der Waals surface area contributed by atoms with E-state index in [0.29, 0.717) is 17.7 Å². The number of carbonyl (C=O) groups excluding carboxylic acids is 1. The first-order chi connectivity index (χ1) is 14.7. The van der Waals surface area contributed by atoms with Gasteiger partial charge in [0.25, 0.3) is 0 Å². The summed E-state index contributed by atoms with van der Waals surface area (Å²) >= 11 is 0. The van der Waals surface area contributed by atoms with E-state index in [1.807, 2.05) is 22.8 Å². The first-order valence-electron chi connectivity index (χ1n) is 10.5. The smallest absolute Gasteiger partial charge is 0.229 e. The maximum Gasteiger partial charge on any atom is 0.229 e. The van der Waals surface area contributed by atoms with Gasteiger partial charge in [0.15, 0.2) is 6.29 Å². The van der Waals surface area contributed by atoms with Crippen molar-refractivity contribution in [3.8, 4) is 0 Å². The average Bonchev–Trinajstić information content (AvgIpc) is 3.55. The van der Waals surface area contributed by atoms with Crippen molar-refractivity contribution in [2.45, 2.75) is 18.9 Å². The van der Waals surface area contributed by atoms with E-state index in [9.17, 15) is 4.79 Å². The van der Waals surface area contributed by atoms with Crippen LogP contribution in [0, 0.1) is 0 Å². The highest BCUT2D eigenvalue weighted by atomic mass is 16.3. The number of piperazine rings is 1. The molecule has 0 amide bonds. The Hall–Kier alpha value is -2.97. The molecule has 0 unspecified atom stereocenters. The number of aliphatic hydroxyl groups excluding tert-OH is 1. The molecule has 3 heterocycles. The molecule has 2 aromatic heterocycles. The van der Waals surface area contributed by atoms with Gasteiger partial charge in [0.2, 0.25) is 5.95 Å². The first-order valence-corrected chi connectivity index (χ1v) is 10.5. The number of nitrogens with zero attached hydrogens (tertiary/aromatic N) is 5. The zero-order valence-corrected chi connectivity index (χ0v) is 16.9. The first kappa shape index (κ1) is 19.0. The molecule has 2 fully saturated rings. The summed E-state index contributed by atoms with van der Waals surface area (Å²) in [5.41, 5.74) is 3.60. The van der Waals surface area contributed by atoms with Crippen LogP contribution in [-0.2, 0) is 0 Å². The summed E-state index contributed by atoms with van der Waals surface area (Å²) in [4.78, 5) is 25.2. The van der Waals surface area contributed by atoms with Gasteiger partial charge >= 0.3 is 0 Å². The molecular weight excluding hydrogens is 380 g/mol. The van der Waals surface area contributed by atoms with E-state index in [1.54, 1.807) is 6.20 Å². The third-order valence-corrected chi connectivity index (χ3v) is 5.92. The summed E-state index contributed by atoms with van der Waals surface area (Å²) in [7, 11) is 0. The van der Waals surface area contributed by atoms with Gasteiger partial charge in [0.1, 0.15) is 5.65 Å². The number of hydrogen-bond acceptors (Lipinski definition) is 7. The molecule has 5 rings (SSSR count). The van der Waals surface area contributed by atoms with Gasteiger partial charge in [-0.05, 0) is 43.2 Å². The number of benzene rings is 1. The lowest BCUT2D eigenvalue weighted by atomic mass is 10.2. The third kappa shape index (κ3) is 3.76. The normalized spacial score (nSPS) is 17.4. The molecule has 0 spiro atoms. The summed E-state index contributed by atoms with van der Waals surface area (Å²) in [6.07, 6.45) is 4.85. The minimum absolute atomic E-state index is 0.218. The predicted octanol–water partition coefficient (Wildman–Crippen LogP) is 2.44. The summed E-state index contributed by atoms with van der Waals surface area (Å²) in [5.74, 6) is 0.533. The second kappa shape index (κ2) is 8.04. The van der Waals surface area contributed by atoms with Crippen molar-refractivity contribution in [2.75, 3.05) is 49.5 Å². The van der Waals surface area contributed by atoms with Crippen LogP contribution in [0.3, 0.4) is 0 Å². The number of carbonyl (C=O) groups is 1. The van der Waals surface area contributed by atoms with Crippen LogP contribution in [0.5, 0.6) is 0 Å². The molecule has 3 aromatic rings. The van der Waals surface area contributed by atoms with Crippen LogP contribution in [0.25, 0.3) is 11.0 Å². The van der Waals surface area contributed by atoms with Crippen molar-refractivity contribution >= 4 is 34.6 Å². The number of aliphatic hydroxyl groups is 1. The fourth-order valence-electron chi connectivity index (χ4n) is 4.15. The molecule has 1 aliphatic heterocycles. The Morgan fingerprint density at radius 1 is 1.13 bits per heavy atom. The van der Waals surface area contributed by atoms with Crippen LogP contribution in [0.15, 0.2) is 36.5 Å². The fourth-order valence-corrected chi connectivity index (χ4v) is 4.15. The van der Waals surface area contributed by atoms with Gasteiger partial charge in [-0.15, -0.1) is 0 Å². The zero-order valence-electron chi connectivity index (χ0n) is 16.9. The van der Waals surface area contributed by atoms with E-state index < -0.39 is 0 Å². The van der Waals surface area contributed by atoms with Crippen molar-refractivity contribution in [1.82, 2.24) is 19.4 Å². The molecule has 2 N–H and O–H groups in total. The Bertz CT molecular complexity index is 1040. The number of fused-ring (bicyclic) bond motifs is 1. The second-order valence-corrected chi connectivity index (χ2v) is 7.98. The maximum atomic E-state index is 11.4. The maximum absolute atomic E-state index is 11.4. The van der Waals surface area contributed by atoms with Crippen LogP contribution in [0.2, 0.25) is 0 Å². The van der Waals surface area contributed by atoms with Gasteiger partial charge in [-0.1, -0.05) is 0 Å². The van der Waals surface area contributed by atoms with Gasteiger partial charge < -0.3 is 19.9 Å². The largest absolute Gasteiger partial charge is 0.395 e. The third-order valence-electron chi connectivity index (χ3n) is 5.92. The summed E-state index contributed by atoms with van der Waals surface area (Å²) < 4.78 is 2.04. The lowest BCUT2D eigenvalue weighted by Gasteiger charge is -2.35. The highest BCUT2D eigenvalue weighted by molar-refractivity contribution is 5.87. The Morgan fingerprint density at radius 3 is 2.57 bits per heavy atom. The van der Waals surface area contributed by atoms with Gasteiger partial charge in [0.05, 0.1) is 12.3 Å². The van der Waals surface area contributed by atoms with Crippen LogP contribution in [0.1, 0.15) is 29.4 Å². The molecule has 0 atom stereocenters. The zero-order chi connectivity index (χ0) is 20.5. The molecule has 8 heteroatoms. The molecule has 8 nitrogen and oxygen atoms in total. The van der Waals surface area contributed by atoms with E-state index in [2.05, 4.69) is 37.2 Å². The van der Waals surface area contributed by atoms with Gasteiger partial charge in [-0.25, -0.2) is 4.98 Å². The molecule has 0 bridgehead atoms. The molecule has 30 heavy (non-hydrogen) atoms. The van der Waals surface area contributed by atoms with Crippen molar-refractivity contribution < 1.29 is 9.90 Å². The van der Waals surface area contributed by atoms with E-state index >= 15 is 0 Å². The van der Waals surface area contributed by atoms with E-state index in [0.717, 1.165) is 68.6 Å². The van der Waals surface area contributed by atoms with Crippen LogP contribution in [0.4, 0.5) is 17.3 Å². The lowest BCUT2D eigenvalue weighted by molar-refractivity contribution is 0.111. The molecule has 1 aliphatic carbocycles. The molecule has 0 radical (unpaired) electrons. The van der Waals surface area contributed by atoms with Crippen molar-refractivity contribution in [2.24, 2.45) is 0 Å². The van der Waals surface area contributed by atoms with Crippen molar-refractivity contribution in [1.29, 1.82) is 0 Å². The summed E-state index contributed by atoms with van der Waals surface area (Å²) in [5, 5.41) is 13.3. The number of aromatic nitrogens is 3. The highest BCUT2D eigenvalue weighted by Crippen LogP contribution is 2.38. The van der Waals surface area contributed by atoms with E-state index in [-0.39, 0.29) is 6.61 Å². The van der Waals surface area contributed by atoms with Gasteiger partial charge in [0, 0.05) is 61.7 Å². The Kier molecular flexibility index (Phi) is 5.10. The Morgan fingerprint density at radius 2 is 1.90 bits per heavy atom. The number of β-amino-alcohol motifs (C(OH)–C–C–N with tert-alkyl or cyclic N) is 1. The fraction of sp³-hybridized carbons (Fsp3) is 0.409. The minimum atomic E-state index is 0.218. The van der Waals surface area contributed by atoms with E-state index in [4.69, 9.17) is 5.11 Å². The minimum Gasteiger partial charge on any atom is -0.395 e. The predicted molar refractivity (Wildman–Crippen MR) is 117 cm³/mol. The van der Waals surface area contributed by atoms with Crippen LogP contribution in [-0.4, -0.2) is 70.2 Å². The quantitative estimate of drug-likeness (QED) is 0.583. The molecule has 2 aliphatic rings. The van der Waals surface area contributed by atoms with Crippen LogP contribution >= 0.6 is 0 Å². The van der Waals surface area contributed by atoms with Crippen molar-refractivity contribution in [3.63, 3.8) is 0 Å². The standard InChI is InChI=1S/C22H26N6O2/c29-12-11-26-7-9-27(10-8-26)18-3-1-17(2-4-18)24-22-23-14-16-13-20(15-30)28(19-5-6-19)21(16)25-22/h1-4,13-15,19,29H,5-12H2,(H,23,24,25). The number of hydrogen-bond donors (Lipinski definition) is 2. The summed E-state index contributed by atoms with van der Waals surface area (Å²) in [6, 6.07) is 10.5. The molecule has 1 saturated heterocycles. The second-order valence-electron chi connectivity index (χ2n) is 7.98. The van der Waals surface area contributed by atoms with E-state index in [1.165, 1.54) is 5.69 Å². The lowest BCUT2D eigenvalue weighted by Crippen LogP contribution is -2.47. The topological polar surface area (TPSA) is 86.5 Å². The molecule has 156 valence electrons.